The van der Waals surface area contributed by atoms with Gasteiger partial charge in [-0.05, 0) is 18.9 Å². The van der Waals surface area contributed by atoms with Crippen molar-refractivity contribution < 1.29 is 0 Å². The summed E-state index contributed by atoms with van der Waals surface area (Å²) in [5.74, 6) is 1.20. The molecule has 1 heterocycles. The fraction of sp³-hybridized carbons (Fsp3) is 0.556. The van der Waals surface area contributed by atoms with E-state index in [1.54, 1.807) is 6.20 Å². The Bertz CT molecular complexity index is 258. The molecule has 1 unspecified atom stereocenters. The van der Waals surface area contributed by atoms with Crippen LogP contribution in [-0.4, -0.2) is 9.97 Å². The Kier molecular flexibility index (Phi) is 2.76. The minimum absolute atomic E-state index is 0.0201. The van der Waals surface area contributed by atoms with Crippen LogP contribution in [-0.2, 0) is 0 Å². The predicted molar refractivity (Wildman–Crippen MR) is 48.5 cm³/mol. The lowest BCUT2D eigenvalue weighted by molar-refractivity contribution is 0.501. The van der Waals surface area contributed by atoms with E-state index < -0.39 is 0 Å². The van der Waals surface area contributed by atoms with Gasteiger partial charge in [0.2, 0.25) is 0 Å². The Morgan fingerprint density at radius 3 is 2.58 bits per heavy atom. The highest BCUT2D eigenvalue weighted by Gasteiger charge is 2.11. The van der Waals surface area contributed by atoms with E-state index in [0.717, 1.165) is 11.5 Å². The molecule has 66 valence electrons. The van der Waals surface area contributed by atoms with Crippen molar-refractivity contribution in [2.45, 2.75) is 26.8 Å². The van der Waals surface area contributed by atoms with E-state index in [1.807, 2.05) is 13.0 Å². The van der Waals surface area contributed by atoms with Crippen molar-refractivity contribution in [3.63, 3.8) is 0 Å². The zero-order valence-electron chi connectivity index (χ0n) is 7.78. The van der Waals surface area contributed by atoms with Crippen LogP contribution < -0.4 is 5.73 Å². The molecule has 1 aromatic heterocycles. The molecule has 0 saturated heterocycles. The summed E-state index contributed by atoms with van der Waals surface area (Å²) in [6.07, 6.45) is 1.75. The first kappa shape index (κ1) is 9.13. The van der Waals surface area contributed by atoms with Crippen LogP contribution in [0.3, 0.4) is 0 Å². The summed E-state index contributed by atoms with van der Waals surface area (Å²) < 4.78 is 0. The number of aryl methyl sites for hydroxylation is 1. The van der Waals surface area contributed by atoms with Crippen LogP contribution in [0.5, 0.6) is 0 Å². The number of aromatic nitrogens is 2. The molecule has 0 spiro atoms. The van der Waals surface area contributed by atoms with E-state index in [1.165, 1.54) is 0 Å². The lowest BCUT2D eigenvalue weighted by Gasteiger charge is -2.14. The van der Waals surface area contributed by atoms with Gasteiger partial charge in [-0.15, -0.1) is 0 Å². The molecular weight excluding hydrogens is 150 g/mol. The zero-order valence-corrected chi connectivity index (χ0v) is 7.78. The molecule has 1 aromatic rings. The van der Waals surface area contributed by atoms with E-state index in [2.05, 4.69) is 23.8 Å². The third-order valence-corrected chi connectivity index (χ3v) is 1.86. The molecule has 1 atom stereocenters. The van der Waals surface area contributed by atoms with E-state index >= 15 is 0 Å². The zero-order chi connectivity index (χ0) is 9.14. The van der Waals surface area contributed by atoms with Gasteiger partial charge in [-0.1, -0.05) is 13.8 Å². The number of nitrogens with two attached hydrogens (primary N) is 1. The van der Waals surface area contributed by atoms with Crippen LogP contribution in [0, 0.1) is 12.8 Å². The Labute approximate surface area is 73.0 Å². The number of nitrogens with zero attached hydrogens (tertiary/aromatic N) is 2. The average molecular weight is 165 g/mol. The second-order valence-electron chi connectivity index (χ2n) is 3.30. The molecule has 0 amide bonds. The first-order valence-electron chi connectivity index (χ1n) is 4.16. The summed E-state index contributed by atoms with van der Waals surface area (Å²) in [6.45, 7) is 6.04. The molecule has 0 aliphatic rings. The van der Waals surface area contributed by atoms with Gasteiger partial charge in [0.1, 0.15) is 5.82 Å². The second-order valence-corrected chi connectivity index (χ2v) is 3.30. The minimum atomic E-state index is 0.0201. The summed E-state index contributed by atoms with van der Waals surface area (Å²) in [5.41, 5.74) is 6.84. The molecule has 0 aromatic carbocycles. The topological polar surface area (TPSA) is 51.8 Å². The molecule has 12 heavy (non-hydrogen) atoms. The van der Waals surface area contributed by atoms with Gasteiger partial charge >= 0.3 is 0 Å². The average Bonchev–Trinajstić information content (AvgIpc) is 2.03. The van der Waals surface area contributed by atoms with E-state index in [4.69, 9.17) is 5.73 Å². The van der Waals surface area contributed by atoms with Crippen molar-refractivity contribution in [1.29, 1.82) is 0 Å². The normalized spacial score (nSPS) is 13.4. The van der Waals surface area contributed by atoms with Gasteiger partial charge in [0, 0.05) is 12.2 Å². The van der Waals surface area contributed by atoms with Crippen molar-refractivity contribution in [1.82, 2.24) is 9.97 Å². The fourth-order valence-corrected chi connectivity index (χ4v) is 1.00. The Morgan fingerprint density at radius 2 is 2.08 bits per heavy atom. The molecule has 0 saturated carbocycles. The standard InChI is InChI=1S/C9H15N3/c1-6(2)9(10)8-4-5-11-7(3)12-8/h4-6,9H,10H2,1-3H3. The van der Waals surface area contributed by atoms with Crippen molar-refractivity contribution in [3.8, 4) is 0 Å². The highest BCUT2D eigenvalue weighted by Crippen LogP contribution is 2.15. The fourth-order valence-electron chi connectivity index (χ4n) is 1.00. The monoisotopic (exact) mass is 165 g/mol. The SMILES string of the molecule is Cc1nccc(C(N)C(C)C)n1. The second kappa shape index (κ2) is 3.63. The van der Waals surface area contributed by atoms with E-state index in [0.29, 0.717) is 5.92 Å². The molecule has 3 nitrogen and oxygen atoms in total. The molecule has 3 heteroatoms. The van der Waals surface area contributed by atoms with Gasteiger partial charge in [-0.25, -0.2) is 9.97 Å². The number of hydrogen-bond donors (Lipinski definition) is 1. The summed E-state index contributed by atoms with van der Waals surface area (Å²) in [5, 5.41) is 0. The summed E-state index contributed by atoms with van der Waals surface area (Å²) >= 11 is 0. The van der Waals surface area contributed by atoms with E-state index in [-0.39, 0.29) is 6.04 Å². The lowest BCUT2D eigenvalue weighted by atomic mass is 10.0. The Hall–Kier alpha value is -0.960. The van der Waals surface area contributed by atoms with Gasteiger partial charge in [0.25, 0.3) is 0 Å². The van der Waals surface area contributed by atoms with Crippen LogP contribution in [0.25, 0.3) is 0 Å². The highest BCUT2D eigenvalue weighted by molar-refractivity contribution is 5.07. The quantitative estimate of drug-likeness (QED) is 0.721. The third kappa shape index (κ3) is 2.01. The predicted octanol–water partition coefficient (Wildman–Crippen LogP) is 1.44. The highest BCUT2D eigenvalue weighted by atomic mass is 14.9. The first-order chi connectivity index (χ1) is 5.61. The maximum absolute atomic E-state index is 5.92. The molecule has 0 radical (unpaired) electrons. The van der Waals surface area contributed by atoms with Crippen LogP contribution in [0.1, 0.15) is 31.4 Å². The lowest BCUT2D eigenvalue weighted by Crippen LogP contribution is -2.18. The van der Waals surface area contributed by atoms with Crippen LogP contribution >= 0.6 is 0 Å². The van der Waals surface area contributed by atoms with Crippen molar-refractivity contribution >= 4 is 0 Å². The molecular formula is C9H15N3. The molecule has 0 fully saturated rings. The van der Waals surface area contributed by atoms with Crippen molar-refractivity contribution in [2.24, 2.45) is 11.7 Å². The number of hydrogen-bond acceptors (Lipinski definition) is 3. The Balaban J connectivity index is 2.88. The summed E-state index contributed by atoms with van der Waals surface area (Å²) in [4.78, 5) is 8.27. The summed E-state index contributed by atoms with van der Waals surface area (Å²) in [7, 11) is 0. The van der Waals surface area contributed by atoms with Crippen LogP contribution in [0.2, 0.25) is 0 Å². The molecule has 0 bridgehead atoms. The molecule has 2 N–H and O–H groups in total. The first-order valence-corrected chi connectivity index (χ1v) is 4.16. The maximum atomic E-state index is 5.92. The molecule has 0 aliphatic carbocycles. The minimum Gasteiger partial charge on any atom is -0.322 e. The molecule has 1 rings (SSSR count). The van der Waals surface area contributed by atoms with E-state index in [9.17, 15) is 0 Å². The summed E-state index contributed by atoms with van der Waals surface area (Å²) in [6, 6.07) is 1.89. The van der Waals surface area contributed by atoms with Crippen molar-refractivity contribution in [2.75, 3.05) is 0 Å². The van der Waals surface area contributed by atoms with Crippen LogP contribution in [0.4, 0.5) is 0 Å². The van der Waals surface area contributed by atoms with Gasteiger partial charge in [-0.3, -0.25) is 0 Å². The van der Waals surface area contributed by atoms with Gasteiger partial charge < -0.3 is 5.73 Å². The Morgan fingerprint density at radius 1 is 1.42 bits per heavy atom. The molecule has 0 aliphatic heterocycles. The smallest absolute Gasteiger partial charge is 0.125 e. The van der Waals surface area contributed by atoms with Gasteiger partial charge in [-0.2, -0.15) is 0 Å². The third-order valence-electron chi connectivity index (χ3n) is 1.86. The maximum Gasteiger partial charge on any atom is 0.125 e. The van der Waals surface area contributed by atoms with Gasteiger partial charge in [0.15, 0.2) is 0 Å². The van der Waals surface area contributed by atoms with Crippen LogP contribution in [0.15, 0.2) is 12.3 Å². The van der Waals surface area contributed by atoms with Gasteiger partial charge in [0.05, 0.1) is 5.69 Å². The largest absolute Gasteiger partial charge is 0.322 e. The van der Waals surface area contributed by atoms with Crippen molar-refractivity contribution in [3.05, 3.63) is 23.8 Å². The number of rotatable bonds is 2.